The van der Waals surface area contributed by atoms with E-state index >= 15 is 0 Å². The second-order valence-corrected chi connectivity index (χ2v) is 8.65. The summed E-state index contributed by atoms with van der Waals surface area (Å²) in [5, 5.41) is 6.48. The number of sulfonamides is 1. The molecule has 0 aliphatic heterocycles. The molecular formula is C17H31IN4O2S2. The Morgan fingerprint density at radius 3 is 2.42 bits per heavy atom. The van der Waals surface area contributed by atoms with E-state index in [1.807, 2.05) is 45.0 Å². The SMILES string of the molecule is CCNC(=NCc1ccccc1CS(=O)(=O)NC(C)C)NCCSC.I. The number of thioether (sulfide) groups is 1. The molecule has 26 heavy (non-hydrogen) atoms. The normalized spacial score (nSPS) is 12.0. The van der Waals surface area contributed by atoms with E-state index in [2.05, 4.69) is 26.6 Å². The number of aliphatic imine (C=N–C) groups is 1. The smallest absolute Gasteiger partial charge is 0.216 e. The summed E-state index contributed by atoms with van der Waals surface area (Å²) in [4.78, 5) is 4.58. The van der Waals surface area contributed by atoms with E-state index < -0.39 is 10.0 Å². The molecule has 0 aliphatic rings. The monoisotopic (exact) mass is 514 g/mol. The molecule has 0 aromatic heterocycles. The number of benzene rings is 1. The highest BCUT2D eigenvalue weighted by atomic mass is 127. The van der Waals surface area contributed by atoms with Crippen molar-refractivity contribution in [3.8, 4) is 0 Å². The lowest BCUT2D eigenvalue weighted by Gasteiger charge is -2.13. The van der Waals surface area contributed by atoms with Gasteiger partial charge < -0.3 is 10.6 Å². The molecule has 0 spiro atoms. The fourth-order valence-electron chi connectivity index (χ4n) is 2.24. The second kappa shape index (κ2) is 13.6. The third kappa shape index (κ3) is 10.6. The zero-order valence-corrected chi connectivity index (χ0v) is 19.9. The van der Waals surface area contributed by atoms with Gasteiger partial charge in [-0.1, -0.05) is 24.3 Å². The number of nitrogens with zero attached hydrogens (tertiary/aromatic N) is 1. The minimum absolute atomic E-state index is 0. The van der Waals surface area contributed by atoms with E-state index in [-0.39, 0.29) is 35.8 Å². The van der Waals surface area contributed by atoms with Crippen molar-refractivity contribution >= 4 is 51.7 Å². The average molecular weight is 514 g/mol. The van der Waals surface area contributed by atoms with Crippen molar-refractivity contribution in [1.82, 2.24) is 15.4 Å². The molecule has 3 N–H and O–H groups in total. The third-order valence-corrected chi connectivity index (χ3v) is 5.36. The highest BCUT2D eigenvalue weighted by Gasteiger charge is 2.15. The maximum absolute atomic E-state index is 12.2. The molecule has 0 saturated heterocycles. The number of hydrogen-bond donors (Lipinski definition) is 3. The summed E-state index contributed by atoms with van der Waals surface area (Å²) in [5.41, 5.74) is 1.69. The molecule has 1 rings (SSSR count). The summed E-state index contributed by atoms with van der Waals surface area (Å²) in [6, 6.07) is 7.42. The molecule has 0 saturated carbocycles. The van der Waals surface area contributed by atoms with Crippen molar-refractivity contribution in [2.75, 3.05) is 25.1 Å². The Balaban J connectivity index is 0.00000625. The zero-order valence-electron chi connectivity index (χ0n) is 15.9. The Bertz CT molecular complexity index is 652. The van der Waals surface area contributed by atoms with E-state index in [9.17, 15) is 8.42 Å². The Hall–Kier alpha value is -0.520. The highest BCUT2D eigenvalue weighted by molar-refractivity contribution is 14.0. The Kier molecular flexibility index (Phi) is 13.3. The molecule has 0 atom stereocenters. The standard InChI is InChI=1S/C17H30N4O2S2.HI/c1-5-18-17(19-10-11-24-4)20-12-15-8-6-7-9-16(15)13-25(22,23)21-14(2)3;/h6-9,14,21H,5,10-13H2,1-4H3,(H2,18,19,20);1H. The van der Waals surface area contributed by atoms with Gasteiger partial charge in [0.25, 0.3) is 0 Å². The van der Waals surface area contributed by atoms with Gasteiger partial charge in [0.15, 0.2) is 5.96 Å². The second-order valence-electron chi connectivity index (χ2n) is 5.92. The molecule has 0 fully saturated rings. The lowest BCUT2D eigenvalue weighted by Crippen LogP contribution is -2.38. The summed E-state index contributed by atoms with van der Waals surface area (Å²) < 4.78 is 27.0. The quantitative estimate of drug-likeness (QED) is 0.194. The molecule has 1 aromatic carbocycles. The van der Waals surface area contributed by atoms with Gasteiger partial charge in [0.05, 0.1) is 12.3 Å². The van der Waals surface area contributed by atoms with Crippen molar-refractivity contribution in [2.45, 2.75) is 39.1 Å². The fraction of sp³-hybridized carbons (Fsp3) is 0.588. The molecule has 0 heterocycles. The number of rotatable bonds is 10. The first-order valence-corrected chi connectivity index (χ1v) is 11.5. The topological polar surface area (TPSA) is 82.6 Å². The first-order valence-electron chi connectivity index (χ1n) is 8.45. The first-order chi connectivity index (χ1) is 11.9. The molecule has 0 bridgehead atoms. The van der Waals surface area contributed by atoms with Crippen LogP contribution in [0, 0.1) is 0 Å². The average Bonchev–Trinajstić information content (AvgIpc) is 2.52. The predicted molar refractivity (Wildman–Crippen MR) is 124 cm³/mol. The van der Waals surface area contributed by atoms with E-state index in [4.69, 9.17) is 0 Å². The van der Waals surface area contributed by atoms with E-state index in [1.165, 1.54) is 0 Å². The fourth-order valence-corrected chi connectivity index (χ4v) is 4.03. The Morgan fingerprint density at radius 2 is 1.85 bits per heavy atom. The van der Waals surface area contributed by atoms with Crippen LogP contribution in [0.25, 0.3) is 0 Å². The highest BCUT2D eigenvalue weighted by Crippen LogP contribution is 2.13. The molecule has 0 amide bonds. The number of guanidine groups is 1. The zero-order chi connectivity index (χ0) is 18.7. The van der Waals surface area contributed by atoms with Crippen molar-refractivity contribution in [2.24, 2.45) is 4.99 Å². The molecule has 0 aliphatic carbocycles. The van der Waals surface area contributed by atoms with Crippen LogP contribution in [0.1, 0.15) is 31.9 Å². The number of hydrogen-bond acceptors (Lipinski definition) is 4. The number of nitrogens with one attached hydrogen (secondary N) is 3. The minimum Gasteiger partial charge on any atom is -0.357 e. The molecule has 6 nitrogen and oxygen atoms in total. The van der Waals surface area contributed by atoms with Crippen LogP contribution in [-0.2, 0) is 22.3 Å². The van der Waals surface area contributed by atoms with Crippen molar-refractivity contribution in [3.05, 3.63) is 35.4 Å². The van der Waals surface area contributed by atoms with Crippen LogP contribution in [0.15, 0.2) is 29.3 Å². The van der Waals surface area contributed by atoms with Crippen LogP contribution in [0.3, 0.4) is 0 Å². The van der Waals surface area contributed by atoms with Gasteiger partial charge in [-0.2, -0.15) is 11.8 Å². The Morgan fingerprint density at radius 1 is 1.19 bits per heavy atom. The molecular weight excluding hydrogens is 483 g/mol. The summed E-state index contributed by atoms with van der Waals surface area (Å²) in [5.74, 6) is 1.71. The maximum atomic E-state index is 12.2. The van der Waals surface area contributed by atoms with Gasteiger partial charge in [0.2, 0.25) is 10.0 Å². The first kappa shape index (κ1) is 25.5. The van der Waals surface area contributed by atoms with Crippen LogP contribution in [0.2, 0.25) is 0 Å². The van der Waals surface area contributed by atoms with Crippen LogP contribution >= 0.6 is 35.7 Å². The van der Waals surface area contributed by atoms with Gasteiger partial charge in [-0.25, -0.2) is 18.1 Å². The summed E-state index contributed by atoms with van der Waals surface area (Å²) in [6.45, 7) is 7.69. The van der Waals surface area contributed by atoms with Crippen molar-refractivity contribution in [3.63, 3.8) is 0 Å². The van der Waals surface area contributed by atoms with Gasteiger partial charge in [0, 0.05) is 24.9 Å². The van der Waals surface area contributed by atoms with Crippen LogP contribution in [-0.4, -0.2) is 45.5 Å². The summed E-state index contributed by atoms with van der Waals surface area (Å²) in [7, 11) is -3.36. The third-order valence-electron chi connectivity index (χ3n) is 3.23. The summed E-state index contributed by atoms with van der Waals surface area (Å²) in [6.07, 6.45) is 2.06. The van der Waals surface area contributed by atoms with Gasteiger partial charge in [0.1, 0.15) is 0 Å². The molecule has 150 valence electrons. The Labute approximate surface area is 179 Å². The van der Waals surface area contributed by atoms with Gasteiger partial charge >= 0.3 is 0 Å². The van der Waals surface area contributed by atoms with Crippen molar-refractivity contribution < 1.29 is 8.42 Å². The summed E-state index contributed by atoms with van der Waals surface area (Å²) >= 11 is 1.77. The van der Waals surface area contributed by atoms with E-state index in [1.54, 1.807) is 11.8 Å². The van der Waals surface area contributed by atoms with Crippen LogP contribution < -0.4 is 15.4 Å². The molecule has 0 radical (unpaired) electrons. The van der Waals surface area contributed by atoms with Crippen LogP contribution in [0.5, 0.6) is 0 Å². The predicted octanol–water partition coefficient (Wildman–Crippen LogP) is 2.55. The van der Waals surface area contributed by atoms with Crippen molar-refractivity contribution in [1.29, 1.82) is 0 Å². The minimum atomic E-state index is -3.36. The molecule has 1 aromatic rings. The number of halogens is 1. The largest absolute Gasteiger partial charge is 0.357 e. The molecule has 9 heteroatoms. The van der Waals surface area contributed by atoms with Gasteiger partial charge in [-0.15, -0.1) is 24.0 Å². The van der Waals surface area contributed by atoms with Gasteiger partial charge in [-0.05, 0) is 38.2 Å². The molecule has 0 unspecified atom stereocenters. The van der Waals surface area contributed by atoms with E-state index in [0.717, 1.165) is 35.9 Å². The van der Waals surface area contributed by atoms with E-state index in [0.29, 0.717) is 6.54 Å². The lowest BCUT2D eigenvalue weighted by molar-refractivity contribution is 0.569. The van der Waals surface area contributed by atoms with Gasteiger partial charge in [-0.3, -0.25) is 0 Å². The lowest BCUT2D eigenvalue weighted by atomic mass is 10.1. The van der Waals surface area contributed by atoms with Crippen LogP contribution in [0.4, 0.5) is 0 Å². The maximum Gasteiger partial charge on any atom is 0.216 e.